The van der Waals surface area contributed by atoms with Gasteiger partial charge in [-0.25, -0.2) is 14.6 Å². The van der Waals surface area contributed by atoms with Gasteiger partial charge in [-0.05, 0) is 18.6 Å². The zero-order chi connectivity index (χ0) is 17.9. The Balaban J connectivity index is 1.57. The molecule has 4 heterocycles. The van der Waals surface area contributed by atoms with Crippen molar-refractivity contribution in [1.82, 2.24) is 34.9 Å². The first-order chi connectivity index (χ1) is 12.7. The molecule has 0 aliphatic heterocycles. The number of anilines is 1. The average Bonchev–Trinajstić information content (AvgIpc) is 3.32. The van der Waals surface area contributed by atoms with Gasteiger partial charge >= 0.3 is 6.01 Å². The van der Waals surface area contributed by atoms with Gasteiger partial charge in [-0.15, -0.1) is 5.10 Å². The standard InChI is InChI=1S/C16H12N8O2/c1-10-3-2-4-19-14(10)12-8-26-16(21-12)22-15(25)13-7-20-23-24(13)11-5-17-9-18-6-11/h2-9H,1H3,(H,21,22,25). The van der Waals surface area contributed by atoms with Gasteiger partial charge in [-0.1, -0.05) is 11.3 Å². The topological polar surface area (TPSA) is 125 Å². The van der Waals surface area contributed by atoms with Crippen molar-refractivity contribution in [2.45, 2.75) is 6.92 Å². The number of amides is 1. The van der Waals surface area contributed by atoms with Crippen LogP contribution in [-0.4, -0.2) is 40.8 Å². The molecule has 1 N–H and O–H groups in total. The maximum atomic E-state index is 12.5. The summed E-state index contributed by atoms with van der Waals surface area (Å²) in [5.74, 6) is -0.481. The summed E-state index contributed by atoms with van der Waals surface area (Å²) < 4.78 is 6.65. The number of aromatic nitrogens is 7. The first kappa shape index (κ1) is 15.6. The highest BCUT2D eigenvalue weighted by Crippen LogP contribution is 2.22. The van der Waals surface area contributed by atoms with E-state index in [0.29, 0.717) is 17.1 Å². The van der Waals surface area contributed by atoms with E-state index in [9.17, 15) is 4.79 Å². The molecule has 0 saturated heterocycles. The largest absolute Gasteiger partial charge is 0.431 e. The zero-order valence-electron chi connectivity index (χ0n) is 13.6. The number of carbonyl (C=O) groups is 1. The van der Waals surface area contributed by atoms with E-state index < -0.39 is 5.91 Å². The third-order valence-electron chi connectivity index (χ3n) is 3.55. The molecule has 0 saturated carbocycles. The predicted molar refractivity (Wildman–Crippen MR) is 89.4 cm³/mol. The molecule has 128 valence electrons. The van der Waals surface area contributed by atoms with Crippen LogP contribution in [0.25, 0.3) is 17.1 Å². The summed E-state index contributed by atoms with van der Waals surface area (Å²) in [5, 5.41) is 10.2. The Bertz CT molecular complexity index is 1060. The number of pyridine rings is 1. The molecule has 10 nitrogen and oxygen atoms in total. The smallest absolute Gasteiger partial charge is 0.302 e. The fourth-order valence-corrected chi connectivity index (χ4v) is 2.34. The van der Waals surface area contributed by atoms with Crippen LogP contribution in [0.15, 0.2) is 53.9 Å². The van der Waals surface area contributed by atoms with Crippen LogP contribution in [0.2, 0.25) is 0 Å². The molecule has 26 heavy (non-hydrogen) atoms. The van der Waals surface area contributed by atoms with Gasteiger partial charge in [-0.2, -0.15) is 4.98 Å². The number of hydrogen-bond acceptors (Lipinski definition) is 8. The van der Waals surface area contributed by atoms with Crippen molar-refractivity contribution in [1.29, 1.82) is 0 Å². The molecule has 1 amide bonds. The van der Waals surface area contributed by atoms with E-state index in [1.807, 2.05) is 19.1 Å². The van der Waals surface area contributed by atoms with Crippen LogP contribution in [0.3, 0.4) is 0 Å². The Morgan fingerprint density at radius 1 is 1.23 bits per heavy atom. The van der Waals surface area contributed by atoms with Gasteiger partial charge in [0.05, 0.1) is 24.3 Å². The highest BCUT2D eigenvalue weighted by molar-refractivity contribution is 6.02. The Kier molecular flexibility index (Phi) is 3.90. The highest BCUT2D eigenvalue weighted by Gasteiger charge is 2.18. The van der Waals surface area contributed by atoms with Crippen LogP contribution in [0.4, 0.5) is 6.01 Å². The fourth-order valence-electron chi connectivity index (χ4n) is 2.34. The number of nitrogens with one attached hydrogen (secondary N) is 1. The Morgan fingerprint density at radius 2 is 2.08 bits per heavy atom. The highest BCUT2D eigenvalue weighted by atomic mass is 16.4. The third-order valence-corrected chi connectivity index (χ3v) is 3.55. The van der Waals surface area contributed by atoms with E-state index in [-0.39, 0.29) is 11.7 Å². The molecule has 0 spiro atoms. The van der Waals surface area contributed by atoms with Crippen LogP contribution in [-0.2, 0) is 0 Å². The van der Waals surface area contributed by atoms with Crippen LogP contribution < -0.4 is 5.32 Å². The molecule has 0 atom stereocenters. The summed E-state index contributed by atoms with van der Waals surface area (Å²) in [6.45, 7) is 1.92. The number of carbonyl (C=O) groups excluding carboxylic acids is 1. The summed E-state index contributed by atoms with van der Waals surface area (Å²) in [6.07, 6.45) is 8.85. The molecule has 0 aromatic carbocycles. The van der Waals surface area contributed by atoms with Gasteiger partial charge in [0.1, 0.15) is 24.0 Å². The first-order valence-corrected chi connectivity index (χ1v) is 7.57. The maximum Gasteiger partial charge on any atom is 0.302 e. The van der Waals surface area contributed by atoms with E-state index in [1.54, 1.807) is 6.20 Å². The van der Waals surface area contributed by atoms with Crippen LogP contribution in [0, 0.1) is 6.92 Å². The molecule has 10 heteroatoms. The summed E-state index contributed by atoms with van der Waals surface area (Å²) in [5.41, 5.74) is 2.86. The van der Waals surface area contributed by atoms with Crippen molar-refractivity contribution in [3.63, 3.8) is 0 Å². The maximum absolute atomic E-state index is 12.5. The van der Waals surface area contributed by atoms with Crippen molar-refractivity contribution >= 4 is 11.9 Å². The van der Waals surface area contributed by atoms with Crippen molar-refractivity contribution in [2.75, 3.05) is 5.32 Å². The van der Waals surface area contributed by atoms with Crippen LogP contribution in [0.1, 0.15) is 16.1 Å². The average molecular weight is 348 g/mol. The minimum atomic E-state index is -0.481. The number of hydrogen-bond donors (Lipinski definition) is 1. The molecule has 0 aliphatic rings. The van der Waals surface area contributed by atoms with Crippen LogP contribution in [0.5, 0.6) is 0 Å². The van der Waals surface area contributed by atoms with E-state index >= 15 is 0 Å². The fraction of sp³-hybridized carbons (Fsp3) is 0.0625. The molecule has 4 aromatic rings. The zero-order valence-corrected chi connectivity index (χ0v) is 13.6. The van der Waals surface area contributed by atoms with E-state index in [2.05, 4.69) is 35.6 Å². The number of aryl methyl sites for hydroxylation is 1. The quantitative estimate of drug-likeness (QED) is 0.590. The Labute approximate surface area is 147 Å². The second-order valence-electron chi connectivity index (χ2n) is 5.29. The second kappa shape index (κ2) is 6.51. The van der Waals surface area contributed by atoms with E-state index in [1.165, 1.54) is 35.9 Å². The van der Waals surface area contributed by atoms with Crippen molar-refractivity contribution in [2.24, 2.45) is 0 Å². The predicted octanol–water partition coefficient (Wildman–Crippen LogP) is 1.67. The van der Waals surface area contributed by atoms with Gasteiger partial charge in [-0.3, -0.25) is 15.1 Å². The SMILES string of the molecule is Cc1cccnc1-c1coc(NC(=O)c2cnnn2-c2cncnc2)n1. The normalized spacial score (nSPS) is 10.7. The lowest BCUT2D eigenvalue weighted by Crippen LogP contribution is -2.17. The molecule has 4 aromatic heterocycles. The van der Waals surface area contributed by atoms with Gasteiger partial charge in [0.25, 0.3) is 5.91 Å². The minimum absolute atomic E-state index is 0.0483. The van der Waals surface area contributed by atoms with Crippen molar-refractivity contribution in [3.05, 3.63) is 60.8 Å². The van der Waals surface area contributed by atoms with Gasteiger partial charge in [0.2, 0.25) is 0 Å². The Morgan fingerprint density at radius 3 is 2.88 bits per heavy atom. The molecular weight excluding hydrogens is 336 g/mol. The lowest BCUT2D eigenvalue weighted by Gasteiger charge is -2.04. The second-order valence-corrected chi connectivity index (χ2v) is 5.29. The van der Waals surface area contributed by atoms with Gasteiger partial charge in [0, 0.05) is 6.20 Å². The lowest BCUT2D eigenvalue weighted by molar-refractivity contribution is 0.101. The summed E-state index contributed by atoms with van der Waals surface area (Å²) in [4.78, 5) is 28.8. The van der Waals surface area contributed by atoms with E-state index in [0.717, 1.165) is 5.56 Å². The van der Waals surface area contributed by atoms with Crippen molar-refractivity contribution < 1.29 is 9.21 Å². The summed E-state index contributed by atoms with van der Waals surface area (Å²) in [7, 11) is 0. The molecule has 0 bridgehead atoms. The molecule has 4 rings (SSSR count). The molecule has 0 unspecified atom stereocenters. The monoisotopic (exact) mass is 348 g/mol. The van der Waals surface area contributed by atoms with Gasteiger partial charge in [0.15, 0.2) is 5.69 Å². The minimum Gasteiger partial charge on any atom is -0.431 e. The lowest BCUT2D eigenvalue weighted by atomic mass is 10.2. The number of rotatable bonds is 4. The number of nitrogens with zero attached hydrogens (tertiary/aromatic N) is 7. The van der Waals surface area contributed by atoms with E-state index in [4.69, 9.17) is 4.42 Å². The van der Waals surface area contributed by atoms with Crippen molar-refractivity contribution in [3.8, 4) is 17.1 Å². The molecular formula is C16H12N8O2. The molecule has 0 aliphatic carbocycles. The van der Waals surface area contributed by atoms with Gasteiger partial charge < -0.3 is 4.42 Å². The summed E-state index contributed by atoms with van der Waals surface area (Å²) in [6, 6.07) is 3.80. The summed E-state index contributed by atoms with van der Waals surface area (Å²) >= 11 is 0. The molecule has 0 radical (unpaired) electrons. The third kappa shape index (κ3) is 2.90. The molecule has 0 fully saturated rings. The van der Waals surface area contributed by atoms with Crippen LogP contribution >= 0.6 is 0 Å². The number of oxazole rings is 1. The first-order valence-electron chi connectivity index (χ1n) is 7.57. The Hall–Kier alpha value is -3.95.